The van der Waals surface area contributed by atoms with Crippen LogP contribution in [0.2, 0.25) is 0 Å². The molecule has 0 bridgehead atoms. The molecule has 2 N–H and O–H groups in total. The second kappa shape index (κ2) is 5.65. The van der Waals surface area contributed by atoms with Gasteiger partial charge < -0.3 is 5.73 Å². The summed E-state index contributed by atoms with van der Waals surface area (Å²) in [5, 5.41) is 4.39. The van der Waals surface area contributed by atoms with Gasteiger partial charge >= 0.3 is 0 Å². The Balaban J connectivity index is 1.98. The van der Waals surface area contributed by atoms with Crippen LogP contribution in [0.1, 0.15) is 38.4 Å². The summed E-state index contributed by atoms with van der Waals surface area (Å²) in [5.41, 5.74) is 7.09. The molecule has 0 radical (unpaired) electrons. The average molecular weight is 236 g/mol. The summed E-state index contributed by atoms with van der Waals surface area (Å²) in [6.07, 6.45) is 4.47. The Bertz CT molecular complexity index is 345. The molecular formula is C13H24N4. The number of nitrogens with zero attached hydrogens (tertiary/aromatic N) is 3. The predicted molar refractivity (Wildman–Crippen MR) is 69.7 cm³/mol. The van der Waals surface area contributed by atoms with Crippen LogP contribution in [0.5, 0.6) is 0 Å². The third-order valence-electron chi connectivity index (χ3n) is 3.56. The lowest BCUT2D eigenvalue weighted by atomic mass is 9.98. The Morgan fingerprint density at radius 1 is 1.53 bits per heavy atom. The average Bonchev–Trinajstić information content (AvgIpc) is 2.77. The van der Waals surface area contributed by atoms with Gasteiger partial charge in [-0.15, -0.1) is 0 Å². The molecule has 2 heterocycles. The van der Waals surface area contributed by atoms with Gasteiger partial charge in [0.1, 0.15) is 0 Å². The standard InChI is InChI=1S/C13H24N4/c1-11(2)17-13(5-6-15-17)10-16-7-3-4-12(8-14)9-16/h5-6,11-12H,3-4,7-10,14H2,1-2H3. The van der Waals surface area contributed by atoms with Gasteiger partial charge in [0.15, 0.2) is 0 Å². The smallest absolute Gasteiger partial charge is 0.0527 e. The molecular weight excluding hydrogens is 212 g/mol. The first kappa shape index (κ1) is 12.6. The maximum Gasteiger partial charge on any atom is 0.0527 e. The molecule has 0 spiro atoms. The maximum atomic E-state index is 5.77. The van der Waals surface area contributed by atoms with Crippen LogP contribution in [0.3, 0.4) is 0 Å². The van der Waals surface area contributed by atoms with Gasteiger partial charge in [0, 0.05) is 25.3 Å². The Kier molecular flexibility index (Phi) is 4.18. The summed E-state index contributed by atoms with van der Waals surface area (Å²) in [6.45, 7) is 8.51. The quantitative estimate of drug-likeness (QED) is 0.864. The number of nitrogens with two attached hydrogens (primary N) is 1. The summed E-state index contributed by atoms with van der Waals surface area (Å²) < 4.78 is 2.12. The molecule has 0 saturated carbocycles. The fraction of sp³-hybridized carbons (Fsp3) is 0.769. The van der Waals surface area contributed by atoms with Gasteiger partial charge in [-0.1, -0.05) is 0 Å². The molecule has 1 aliphatic rings. The maximum absolute atomic E-state index is 5.77. The van der Waals surface area contributed by atoms with Crippen LogP contribution >= 0.6 is 0 Å². The molecule has 4 nitrogen and oxygen atoms in total. The van der Waals surface area contributed by atoms with Gasteiger partial charge in [0.25, 0.3) is 0 Å². The molecule has 96 valence electrons. The first-order chi connectivity index (χ1) is 8.20. The molecule has 1 aromatic rings. The van der Waals surface area contributed by atoms with E-state index in [2.05, 4.69) is 34.6 Å². The summed E-state index contributed by atoms with van der Waals surface area (Å²) in [5.74, 6) is 0.680. The van der Waals surface area contributed by atoms with E-state index in [1.54, 1.807) is 0 Å². The van der Waals surface area contributed by atoms with E-state index in [0.717, 1.165) is 19.6 Å². The molecule has 1 saturated heterocycles. The van der Waals surface area contributed by atoms with Crippen molar-refractivity contribution in [3.63, 3.8) is 0 Å². The molecule has 1 unspecified atom stereocenters. The van der Waals surface area contributed by atoms with Crippen LogP contribution in [0.4, 0.5) is 0 Å². The Morgan fingerprint density at radius 3 is 3.06 bits per heavy atom. The Labute approximate surface area is 104 Å². The normalized spacial score (nSPS) is 22.2. The van der Waals surface area contributed by atoms with Crippen molar-refractivity contribution in [2.24, 2.45) is 11.7 Å². The van der Waals surface area contributed by atoms with Crippen molar-refractivity contribution in [1.82, 2.24) is 14.7 Å². The Hall–Kier alpha value is -0.870. The summed E-state index contributed by atoms with van der Waals surface area (Å²) in [4.78, 5) is 2.51. The van der Waals surface area contributed by atoms with E-state index in [9.17, 15) is 0 Å². The number of rotatable bonds is 4. The van der Waals surface area contributed by atoms with Crippen LogP contribution in [0, 0.1) is 5.92 Å². The van der Waals surface area contributed by atoms with Gasteiger partial charge in [0.05, 0.1) is 5.69 Å². The van der Waals surface area contributed by atoms with Crippen molar-refractivity contribution in [3.8, 4) is 0 Å². The van der Waals surface area contributed by atoms with Crippen molar-refractivity contribution < 1.29 is 0 Å². The summed E-state index contributed by atoms with van der Waals surface area (Å²) >= 11 is 0. The van der Waals surface area contributed by atoms with Crippen LogP contribution in [0.15, 0.2) is 12.3 Å². The molecule has 1 aliphatic heterocycles. The van der Waals surface area contributed by atoms with Gasteiger partial charge in [0.2, 0.25) is 0 Å². The fourth-order valence-corrected chi connectivity index (χ4v) is 2.65. The molecule has 0 aromatic carbocycles. The molecule has 1 atom stereocenters. The predicted octanol–water partition coefficient (Wildman–Crippen LogP) is 1.63. The van der Waals surface area contributed by atoms with E-state index in [1.165, 1.54) is 25.1 Å². The minimum atomic E-state index is 0.440. The van der Waals surface area contributed by atoms with E-state index in [1.807, 2.05) is 6.20 Å². The number of hydrogen-bond acceptors (Lipinski definition) is 3. The third-order valence-corrected chi connectivity index (χ3v) is 3.56. The highest BCUT2D eigenvalue weighted by atomic mass is 15.3. The lowest BCUT2D eigenvalue weighted by Gasteiger charge is -2.32. The van der Waals surface area contributed by atoms with Gasteiger partial charge in [-0.2, -0.15) is 5.10 Å². The van der Waals surface area contributed by atoms with Crippen LogP contribution in [0.25, 0.3) is 0 Å². The first-order valence-corrected chi connectivity index (χ1v) is 6.65. The molecule has 1 aromatic heterocycles. The highest BCUT2D eigenvalue weighted by Gasteiger charge is 2.20. The molecule has 4 heteroatoms. The summed E-state index contributed by atoms with van der Waals surface area (Å²) in [6, 6.07) is 2.57. The lowest BCUT2D eigenvalue weighted by molar-refractivity contribution is 0.166. The van der Waals surface area contributed by atoms with Gasteiger partial charge in [-0.05, 0) is 51.8 Å². The molecule has 0 amide bonds. The SMILES string of the molecule is CC(C)n1nccc1CN1CCCC(CN)C1. The van der Waals surface area contributed by atoms with Crippen molar-refractivity contribution >= 4 is 0 Å². The monoisotopic (exact) mass is 236 g/mol. The van der Waals surface area contributed by atoms with E-state index in [4.69, 9.17) is 5.73 Å². The van der Waals surface area contributed by atoms with Crippen molar-refractivity contribution in [3.05, 3.63) is 18.0 Å². The highest BCUT2D eigenvalue weighted by Crippen LogP contribution is 2.18. The summed E-state index contributed by atoms with van der Waals surface area (Å²) in [7, 11) is 0. The van der Waals surface area contributed by atoms with Crippen molar-refractivity contribution in [2.75, 3.05) is 19.6 Å². The van der Waals surface area contributed by atoms with E-state index < -0.39 is 0 Å². The zero-order valence-electron chi connectivity index (χ0n) is 11.0. The molecule has 2 rings (SSSR count). The van der Waals surface area contributed by atoms with Gasteiger partial charge in [-0.3, -0.25) is 9.58 Å². The van der Waals surface area contributed by atoms with Crippen molar-refractivity contribution in [1.29, 1.82) is 0 Å². The van der Waals surface area contributed by atoms with Crippen LogP contribution in [-0.2, 0) is 6.54 Å². The first-order valence-electron chi connectivity index (χ1n) is 6.65. The van der Waals surface area contributed by atoms with Crippen LogP contribution in [-0.4, -0.2) is 34.3 Å². The fourth-order valence-electron chi connectivity index (χ4n) is 2.65. The largest absolute Gasteiger partial charge is 0.330 e. The number of hydrogen-bond donors (Lipinski definition) is 1. The second-order valence-corrected chi connectivity index (χ2v) is 5.34. The lowest BCUT2D eigenvalue weighted by Crippen LogP contribution is -2.38. The van der Waals surface area contributed by atoms with E-state index in [-0.39, 0.29) is 0 Å². The third kappa shape index (κ3) is 3.07. The van der Waals surface area contributed by atoms with E-state index >= 15 is 0 Å². The second-order valence-electron chi connectivity index (χ2n) is 5.34. The zero-order chi connectivity index (χ0) is 12.3. The molecule has 17 heavy (non-hydrogen) atoms. The topological polar surface area (TPSA) is 47.1 Å². The number of likely N-dealkylation sites (tertiary alicyclic amines) is 1. The molecule has 1 fully saturated rings. The highest BCUT2D eigenvalue weighted by molar-refractivity contribution is 5.01. The van der Waals surface area contributed by atoms with Crippen molar-refractivity contribution in [2.45, 2.75) is 39.3 Å². The zero-order valence-corrected chi connectivity index (χ0v) is 11.0. The Morgan fingerprint density at radius 2 is 2.35 bits per heavy atom. The van der Waals surface area contributed by atoms with E-state index in [0.29, 0.717) is 12.0 Å². The van der Waals surface area contributed by atoms with Gasteiger partial charge in [-0.25, -0.2) is 0 Å². The number of piperidine rings is 1. The minimum Gasteiger partial charge on any atom is -0.330 e. The van der Waals surface area contributed by atoms with Crippen LogP contribution < -0.4 is 5.73 Å². The number of aromatic nitrogens is 2. The molecule has 0 aliphatic carbocycles. The minimum absolute atomic E-state index is 0.440.